The average molecular weight is 376 g/mol. The lowest BCUT2D eigenvalue weighted by Crippen LogP contribution is -2.34. The maximum absolute atomic E-state index is 13.4. The van der Waals surface area contributed by atoms with Crippen LogP contribution in [0.1, 0.15) is 6.92 Å². The van der Waals surface area contributed by atoms with Crippen molar-refractivity contribution in [2.45, 2.75) is 6.92 Å². The molecule has 0 aliphatic rings. The lowest BCUT2D eigenvalue weighted by molar-refractivity contribution is -0.122. The van der Waals surface area contributed by atoms with Crippen LogP contribution in [-0.2, 0) is 4.79 Å². The molecule has 2 aromatic carbocycles. The van der Waals surface area contributed by atoms with E-state index in [1.807, 2.05) is 6.92 Å². The fraction of sp³-hybridized carbons (Fsp3) is 0.188. The topological polar surface area (TPSA) is 59.6 Å². The fourth-order valence-electron chi connectivity index (χ4n) is 1.83. The SMILES string of the molecule is CCOc1ccc(OCC(=O)NNc2c(F)c(F)c(F)c(F)c2F)cc1. The first-order chi connectivity index (χ1) is 12.3. The van der Waals surface area contributed by atoms with Gasteiger partial charge >= 0.3 is 0 Å². The third kappa shape index (κ3) is 4.32. The minimum absolute atomic E-state index is 0.305. The van der Waals surface area contributed by atoms with Gasteiger partial charge in [0.05, 0.1) is 6.61 Å². The summed E-state index contributed by atoms with van der Waals surface area (Å²) in [7, 11) is 0. The molecule has 2 N–H and O–H groups in total. The monoisotopic (exact) mass is 376 g/mol. The molecule has 0 unspecified atom stereocenters. The molecule has 1 amide bonds. The number of benzene rings is 2. The van der Waals surface area contributed by atoms with Crippen LogP contribution in [0.4, 0.5) is 27.6 Å². The van der Waals surface area contributed by atoms with Gasteiger partial charge in [0.25, 0.3) is 5.91 Å². The molecule has 140 valence electrons. The normalized spacial score (nSPS) is 10.4. The van der Waals surface area contributed by atoms with Gasteiger partial charge < -0.3 is 9.47 Å². The number of ether oxygens (including phenoxy) is 2. The van der Waals surface area contributed by atoms with Crippen molar-refractivity contribution >= 4 is 11.6 Å². The average Bonchev–Trinajstić information content (AvgIpc) is 2.64. The molecule has 2 aromatic rings. The van der Waals surface area contributed by atoms with Crippen molar-refractivity contribution in [3.05, 3.63) is 53.4 Å². The third-order valence-electron chi connectivity index (χ3n) is 3.04. The molecule has 0 saturated heterocycles. The first-order valence-electron chi connectivity index (χ1n) is 7.27. The van der Waals surface area contributed by atoms with E-state index < -0.39 is 47.3 Å². The smallest absolute Gasteiger partial charge is 0.276 e. The molecule has 10 heteroatoms. The number of anilines is 1. The van der Waals surface area contributed by atoms with Gasteiger partial charge in [0.15, 0.2) is 29.9 Å². The van der Waals surface area contributed by atoms with Crippen molar-refractivity contribution in [1.29, 1.82) is 0 Å². The van der Waals surface area contributed by atoms with E-state index in [-0.39, 0.29) is 0 Å². The number of rotatable bonds is 7. The second-order valence-corrected chi connectivity index (χ2v) is 4.81. The predicted octanol–water partition coefficient (Wildman–Crippen LogP) is 3.30. The summed E-state index contributed by atoms with van der Waals surface area (Å²) >= 11 is 0. The Kier molecular flexibility index (Phi) is 6.21. The quantitative estimate of drug-likeness (QED) is 0.337. The molecule has 0 fully saturated rings. The van der Waals surface area contributed by atoms with E-state index >= 15 is 0 Å². The van der Waals surface area contributed by atoms with Crippen LogP contribution in [0.5, 0.6) is 11.5 Å². The molecule has 26 heavy (non-hydrogen) atoms. The van der Waals surface area contributed by atoms with Gasteiger partial charge in [0.2, 0.25) is 5.82 Å². The van der Waals surface area contributed by atoms with E-state index in [1.165, 1.54) is 12.1 Å². The highest BCUT2D eigenvalue weighted by molar-refractivity contribution is 5.79. The standard InChI is InChI=1S/C16H13F5N2O3/c1-2-25-8-3-5-9(6-4-8)26-7-10(24)22-23-16-14(20)12(18)11(17)13(19)15(16)21/h3-6,23H,2,7H2,1H3,(H,22,24). The van der Waals surface area contributed by atoms with Crippen molar-refractivity contribution in [3.8, 4) is 11.5 Å². The Bertz CT molecular complexity index is 770. The lowest BCUT2D eigenvalue weighted by Gasteiger charge is -2.12. The van der Waals surface area contributed by atoms with Crippen LogP contribution in [0.25, 0.3) is 0 Å². The summed E-state index contributed by atoms with van der Waals surface area (Å²) < 4.78 is 76.2. The van der Waals surface area contributed by atoms with Crippen molar-refractivity contribution < 1.29 is 36.2 Å². The Labute approximate surface area is 144 Å². The van der Waals surface area contributed by atoms with Crippen LogP contribution >= 0.6 is 0 Å². The lowest BCUT2D eigenvalue weighted by atomic mass is 10.2. The first-order valence-corrected chi connectivity index (χ1v) is 7.27. The second kappa shape index (κ2) is 8.37. The van der Waals surface area contributed by atoms with Crippen molar-refractivity contribution in [3.63, 3.8) is 0 Å². The highest BCUT2D eigenvalue weighted by atomic mass is 19.2. The summed E-state index contributed by atoms with van der Waals surface area (Å²) in [5.74, 6) is -10.8. The highest BCUT2D eigenvalue weighted by Gasteiger charge is 2.26. The van der Waals surface area contributed by atoms with Gasteiger partial charge in [-0.05, 0) is 31.2 Å². The number of hydrogen-bond donors (Lipinski definition) is 2. The van der Waals surface area contributed by atoms with E-state index in [1.54, 1.807) is 23.0 Å². The predicted molar refractivity (Wildman–Crippen MR) is 81.1 cm³/mol. The van der Waals surface area contributed by atoms with Crippen LogP contribution in [0.2, 0.25) is 0 Å². The zero-order valence-electron chi connectivity index (χ0n) is 13.3. The highest BCUT2D eigenvalue weighted by Crippen LogP contribution is 2.26. The molecule has 2 rings (SSSR count). The van der Waals surface area contributed by atoms with Gasteiger partial charge in [0, 0.05) is 0 Å². The van der Waals surface area contributed by atoms with Crippen molar-refractivity contribution in [2.75, 3.05) is 18.6 Å². The van der Waals surface area contributed by atoms with Crippen molar-refractivity contribution in [1.82, 2.24) is 5.43 Å². The number of halogens is 5. The summed E-state index contributed by atoms with van der Waals surface area (Å²) in [5.41, 5.74) is 2.06. The zero-order chi connectivity index (χ0) is 19.3. The van der Waals surface area contributed by atoms with Gasteiger partial charge in [-0.1, -0.05) is 0 Å². The van der Waals surface area contributed by atoms with Gasteiger partial charge in [-0.3, -0.25) is 15.6 Å². The summed E-state index contributed by atoms with van der Waals surface area (Å²) in [4.78, 5) is 11.6. The number of hydrogen-bond acceptors (Lipinski definition) is 4. The number of amides is 1. The van der Waals surface area contributed by atoms with Gasteiger partial charge in [-0.25, -0.2) is 22.0 Å². The molecule has 0 aromatic heterocycles. The van der Waals surface area contributed by atoms with E-state index in [0.29, 0.717) is 18.1 Å². The maximum atomic E-state index is 13.4. The maximum Gasteiger partial charge on any atom is 0.276 e. The second-order valence-electron chi connectivity index (χ2n) is 4.81. The number of hydrazine groups is 1. The fourth-order valence-corrected chi connectivity index (χ4v) is 1.83. The molecule has 0 spiro atoms. The largest absolute Gasteiger partial charge is 0.494 e. The molecule has 0 bridgehead atoms. The van der Waals surface area contributed by atoms with E-state index in [2.05, 4.69) is 0 Å². The Morgan fingerprint density at radius 1 is 0.846 bits per heavy atom. The van der Waals surface area contributed by atoms with Crippen LogP contribution in [0, 0.1) is 29.1 Å². The van der Waals surface area contributed by atoms with Crippen LogP contribution in [0.15, 0.2) is 24.3 Å². The van der Waals surface area contributed by atoms with Gasteiger partial charge in [0.1, 0.15) is 17.2 Å². The van der Waals surface area contributed by atoms with E-state index in [4.69, 9.17) is 9.47 Å². The van der Waals surface area contributed by atoms with Crippen LogP contribution in [-0.4, -0.2) is 19.1 Å². The summed E-state index contributed by atoms with van der Waals surface area (Å²) in [6.07, 6.45) is 0. The van der Waals surface area contributed by atoms with Crippen molar-refractivity contribution in [2.24, 2.45) is 0 Å². The molecular weight excluding hydrogens is 363 g/mol. The number of carbonyl (C=O) groups is 1. The Morgan fingerprint density at radius 3 is 1.81 bits per heavy atom. The van der Waals surface area contributed by atoms with Gasteiger partial charge in [-0.15, -0.1) is 0 Å². The Balaban J connectivity index is 1.93. The molecule has 0 radical (unpaired) electrons. The Morgan fingerprint density at radius 2 is 1.31 bits per heavy atom. The van der Waals surface area contributed by atoms with Gasteiger partial charge in [-0.2, -0.15) is 0 Å². The molecular formula is C16H13F5N2O3. The molecule has 0 heterocycles. The third-order valence-corrected chi connectivity index (χ3v) is 3.04. The molecule has 5 nitrogen and oxygen atoms in total. The van der Waals surface area contributed by atoms with E-state index in [9.17, 15) is 26.7 Å². The number of nitrogens with one attached hydrogen (secondary N) is 2. The molecule has 0 aliphatic heterocycles. The summed E-state index contributed by atoms with van der Waals surface area (Å²) in [6.45, 7) is 1.72. The Hall–Kier alpha value is -3.04. The zero-order valence-corrected chi connectivity index (χ0v) is 13.3. The summed E-state index contributed by atoms with van der Waals surface area (Å²) in [6, 6.07) is 6.25. The summed E-state index contributed by atoms with van der Waals surface area (Å²) in [5, 5.41) is 0. The first kappa shape index (κ1) is 19.3. The molecule has 0 aliphatic carbocycles. The molecule has 0 atom stereocenters. The number of carbonyl (C=O) groups excluding carboxylic acids is 1. The minimum atomic E-state index is -2.30. The minimum Gasteiger partial charge on any atom is -0.494 e. The van der Waals surface area contributed by atoms with E-state index in [0.717, 1.165) is 0 Å². The van der Waals surface area contributed by atoms with Crippen LogP contribution in [0.3, 0.4) is 0 Å². The van der Waals surface area contributed by atoms with Crippen LogP contribution < -0.4 is 20.3 Å². The molecule has 0 saturated carbocycles.